The molecule has 0 saturated carbocycles. The van der Waals surface area contributed by atoms with Crippen LogP contribution in [0.5, 0.6) is 11.5 Å². The highest BCUT2D eigenvalue weighted by atomic mass is 32.1. The normalized spacial score (nSPS) is 15.0. The van der Waals surface area contributed by atoms with Crippen LogP contribution < -0.4 is 24.4 Å². The zero-order valence-corrected chi connectivity index (χ0v) is 21.4. The molecule has 10 heteroatoms. The minimum absolute atomic E-state index is 0.0688. The first kappa shape index (κ1) is 25.9. The summed E-state index contributed by atoms with van der Waals surface area (Å²) in [4.78, 5) is 32.0. The number of aromatic nitrogens is 1. The molecule has 1 aliphatic rings. The molecule has 0 aliphatic carbocycles. The number of fused-ring (bicyclic) bond motifs is 1. The minimum atomic E-state index is -0.796. The van der Waals surface area contributed by atoms with Crippen molar-refractivity contribution in [2.75, 3.05) is 34.0 Å². The number of carbonyl (C=O) groups excluding carboxylic acids is 1. The van der Waals surface area contributed by atoms with Gasteiger partial charge in [-0.3, -0.25) is 9.36 Å². The Balaban J connectivity index is 1.87. The van der Waals surface area contributed by atoms with Crippen LogP contribution in [0.4, 0.5) is 0 Å². The second-order valence-electron chi connectivity index (χ2n) is 7.97. The lowest BCUT2D eigenvalue weighted by atomic mass is 9.95. The van der Waals surface area contributed by atoms with Crippen LogP contribution in [0.15, 0.2) is 69.6 Å². The second-order valence-corrected chi connectivity index (χ2v) is 8.98. The third-order valence-electron chi connectivity index (χ3n) is 5.65. The van der Waals surface area contributed by atoms with Gasteiger partial charge in [0.2, 0.25) is 0 Å². The average molecular weight is 520 g/mol. The van der Waals surface area contributed by atoms with Crippen LogP contribution >= 0.6 is 11.3 Å². The molecular weight excluding hydrogens is 494 g/mol. The number of para-hydroxylation sites is 1. The molecule has 9 nitrogen and oxygen atoms in total. The number of esters is 1. The van der Waals surface area contributed by atoms with Crippen molar-refractivity contribution in [1.29, 1.82) is 5.26 Å². The molecule has 3 aromatic rings. The predicted octanol–water partition coefficient (Wildman–Crippen LogP) is 2.34. The average Bonchev–Trinajstić information content (AvgIpc) is 3.20. The molecule has 4 rings (SSSR count). The first-order valence-electron chi connectivity index (χ1n) is 11.4. The Kier molecular flexibility index (Phi) is 8.18. The zero-order valence-electron chi connectivity index (χ0n) is 20.6. The Hall–Kier alpha value is -4.20. The van der Waals surface area contributed by atoms with Crippen LogP contribution in [0.2, 0.25) is 0 Å². The Morgan fingerprint density at radius 3 is 2.76 bits per heavy atom. The van der Waals surface area contributed by atoms with Crippen molar-refractivity contribution in [1.82, 2.24) is 4.57 Å². The van der Waals surface area contributed by atoms with E-state index >= 15 is 0 Å². The number of nitrogens with zero attached hydrogens (tertiary/aromatic N) is 3. The molecule has 2 aromatic carbocycles. The number of benzene rings is 2. The molecule has 1 aliphatic heterocycles. The third-order valence-corrected chi connectivity index (χ3v) is 6.64. The Bertz CT molecular complexity index is 1560. The lowest BCUT2D eigenvalue weighted by Crippen LogP contribution is -2.40. The highest BCUT2D eigenvalue weighted by Crippen LogP contribution is 2.35. The molecule has 2 heterocycles. The van der Waals surface area contributed by atoms with E-state index in [1.165, 1.54) is 30.1 Å². The summed E-state index contributed by atoms with van der Waals surface area (Å²) in [5, 5.41) is 8.77. The fraction of sp³-hybridized carbons (Fsp3) is 0.259. The van der Waals surface area contributed by atoms with Gasteiger partial charge in [0, 0.05) is 12.7 Å². The van der Waals surface area contributed by atoms with Crippen LogP contribution in [0.25, 0.3) is 6.08 Å². The molecule has 1 aromatic heterocycles. The summed E-state index contributed by atoms with van der Waals surface area (Å²) in [5.74, 6) is 0.471. The maximum Gasteiger partial charge on any atom is 0.338 e. The summed E-state index contributed by atoms with van der Waals surface area (Å²) in [6, 6.07) is 15.5. The Labute approximate surface area is 217 Å². The van der Waals surface area contributed by atoms with Gasteiger partial charge in [-0.15, -0.1) is 0 Å². The molecule has 0 amide bonds. The van der Waals surface area contributed by atoms with Crippen molar-refractivity contribution in [3.63, 3.8) is 0 Å². The van der Waals surface area contributed by atoms with E-state index in [1.54, 1.807) is 37.3 Å². The SMILES string of the molecule is COCCOC(=O)C1=C(C)N=c2sc(=Cc3cccc(OCC#N)c3)c(=O)n2C1c1ccccc1OC. The van der Waals surface area contributed by atoms with Crippen molar-refractivity contribution in [2.24, 2.45) is 4.99 Å². The molecular formula is C27H25N3O6S. The topological polar surface area (TPSA) is 112 Å². The fourth-order valence-corrected chi connectivity index (χ4v) is 5.07. The van der Waals surface area contributed by atoms with Crippen molar-refractivity contribution in [2.45, 2.75) is 13.0 Å². The van der Waals surface area contributed by atoms with Crippen molar-refractivity contribution in [3.05, 3.63) is 90.6 Å². The van der Waals surface area contributed by atoms with Gasteiger partial charge in [-0.1, -0.05) is 41.7 Å². The molecule has 0 fully saturated rings. The summed E-state index contributed by atoms with van der Waals surface area (Å²) in [6.45, 7) is 1.96. The monoisotopic (exact) mass is 519 g/mol. The summed E-state index contributed by atoms with van der Waals surface area (Å²) < 4.78 is 23.3. The molecule has 1 atom stereocenters. The number of hydrogen-bond acceptors (Lipinski definition) is 9. The van der Waals surface area contributed by atoms with E-state index in [0.29, 0.717) is 32.1 Å². The predicted molar refractivity (Wildman–Crippen MR) is 137 cm³/mol. The number of thiazole rings is 1. The number of hydrogen-bond donors (Lipinski definition) is 0. The summed E-state index contributed by atoms with van der Waals surface area (Å²) in [7, 11) is 3.06. The van der Waals surface area contributed by atoms with Crippen LogP contribution in [0.1, 0.15) is 24.1 Å². The van der Waals surface area contributed by atoms with Gasteiger partial charge in [0.1, 0.15) is 30.2 Å². The summed E-state index contributed by atoms with van der Waals surface area (Å²) in [6.07, 6.45) is 1.73. The van der Waals surface area contributed by atoms with Crippen LogP contribution in [-0.4, -0.2) is 44.6 Å². The highest BCUT2D eigenvalue weighted by molar-refractivity contribution is 7.07. The number of methoxy groups -OCH3 is 2. The van der Waals surface area contributed by atoms with Crippen LogP contribution in [-0.2, 0) is 14.3 Å². The first-order chi connectivity index (χ1) is 18.0. The molecule has 190 valence electrons. The maximum absolute atomic E-state index is 13.8. The van der Waals surface area contributed by atoms with Crippen molar-refractivity contribution in [3.8, 4) is 17.6 Å². The molecule has 0 saturated heterocycles. The van der Waals surface area contributed by atoms with Gasteiger partial charge in [0.15, 0.2) is 11.4 Å². The lowest BCUT2D eigenvalue weighted by Gasteiger charge is -2.26. The van der Waals surface area contributed by atoms with Gasteiger partial charge < -0.3 is 18.9 Å². The third kappa shape index (κ3) is 5.48. The molecule has 0 radical (unpaired) electrons. The van der Waals surface area contributed by atoms with Gasteiger partial charge in [0.05, 0.1) is 29.5 Å². The number of carbonyl (C=O) groups is 1. The van der Waals surface area contributed by atoms with Gasteiger partial charge >= 0.3 is 5.97 Å². The Morgan fingerprint density at radius 2 is 2.00 bits per heavy atom. The highest BCUT2D eigenvalue weighted by Gasteiger charge is 2.35. The fourth-order valence-electron chi connectivity index (χ4n) is 4.03. The van der Waals surface area contributed by atoms with E-state index < -0.39 is 12.0 Å². The largest absolute Gasteiger partial charge is 0.496 e. The smallest absolute Gasteiger partial charge is 0.338 e. The van der Waals surface area contributed by atoms with Crippen LogP contribution in [0, 0.1) is 11.3 Å². The number of nitriles is 1. The second kappa shape index (κ2) is 11.7. The number of rotatable bonds is 9. The van der Waals surface area contributed by atoms with Crippen LogP contribution in [0.3, 0.4) is 0 Å². The van der Waals surface area contributed by atoms with E-state index in [1.807, 2.05) is 30.3 Å². The van der Waals surface area contributed by atoms with Crippen molar-refractivity contribution < 1.29 is 23.7 Å². The zero-order chi connectivity index (χ0) is 26.4. The maximum atomic E-state index is 13.8. The number of allylic oxidation sites excluding steroid dienone is 1. The minimum Gasteiger partial charge on any atom is -0.496 e. The van der Waals surface area contributed by atoms with Gasteiger partial charge in [-0.2, -0.15) is 5.26 Å². The van der Waals surface area contributed by atoms with Crippen molar-refractivity contribution >= 4 is 23.4 Å². The first-order valence-corrected chi connectivity index (χ1v) is 12.2. The molecule has 0 bridgehead atoms. The van der Waals surface area contributed by atoms with E-state index in [2.05, 4.69) is 4.99 Å². The lowest BCUT2D eigenvalue weighted by molar-refractivity contribution is -0.140. The molecule has 0 N–H and O–H groups in total. The quantitative estimate of drug-likeness (QED) is 0.315. The summed E-state index contributed by atoms with van der Waals surface area (Å²) in [5.41, 5.74) is 1.77. The van der Waals surface area contributed by atoms with E-state index in [9.17, 15) is 9.59 Å². The van der Waals surface area contributed by atoms with E-state index in [-0.39, 0.29) is 31.0 Å². The Morgan fingerprint density at radius 1 is 1.19 bits per heavy atom. The number of ether oxygens (including phenoxy) is 4. The molecule has 0 spiro atoms. The molecule has 1 unspecified atom stereocenters. The van der Waals surface area contributed by atoms with Gasteiger partial charge in [-0.25, -0.2) is 9.79 Å². The van der Waals surface area contributed by atoms with Gasteiger partial charge in [-0.05, 0) is 36.8 Å². The van der Waals surface area contributed by atoms with E-state index in [0.717, 1.165) is 5.56 Å². The standard InChI is InChI=1S/C27H25N3O6S/c1-17-23(26(32)36-14-13-33-2)24(20-9-4-5-10-21(20)34-3)30-25(31)22(37-27(30)29-17)16-18-7-6-8-19(15-18)35-12-11-28/h4-10,15-16,24H,12-14H2,1-3H3. The molecule has 37 heavy (non-hydrogen) atoms. The summed E-state index contributed by atoms with van der Waals surface area (Å²) >= 11 is 1.22. The van der Waals surface area contributed by atoms with E-state index in [4.69, 9.17) is 24.2 Å². The van der Waals surface area contributed by atoms with Gasteiger partial charge in [0.25, 0.3) is 5.56 Å².